The molecular weight excluding hydrogens is 500 g/mol. The first-order chi connectivity index (χ1) is 14.7. The Hall–Kier alpha value is -2.27. The van der Waals surface area contributed by atoms with Crippen LogP contribution in [0, 0.1) is 0 Å². The van der Waals surface area contributed by atoms with E-state index in [4.69, 9.17) is 5.73 Å². The van der Waals surface area contributed by atoms with Crippen molar-refractivity contribution in [2.75, 3.05) is 5.73 Å². The molecule has 2 aromatic heterocycles. The second-order valence-corrected chi connectivity index (χ2v) is 6.94. The number of hydrogen-bond donors (Lipinski definition) is 4. The van der Waals surface area contributed by atoms with Crippen LogP contribution in [0.15, 0.2) is 35.3 Å². The van der Waals surface area contributed by atoms with Gasteiger partial charge in [0.1, 0.15) is 5.65 Å². The Bertz CT molecular complexity index is 1200. The van der Waals surface area contributed by atoms with E-state index in [0.29, 0.717) is 23.9 Å². The number of carbonyl (C=O) groups excluding carboxylic acids is 3. The van der Waals surface area contributed by atoms with E-state index in [1.54, 1.807) is 18.3 Å². The molecule has 186 valence electrons. The number of aromatic nitrogens is 3. The first-order valence-corrected chi connectivity index (χ1v) is 9.41. The van der Waals surface area contributed by atoms with E-state index in [9.17, 15) is 29.4 Å². The summed E-state index contributed by atoms with van der Waals surface area (Å²) in [6.45, 7) is 0. The Labute approximate surface area is 248 Å². The zero-order chi connectivity index (χ0) is 22.5. The third kappa shape index (κ3) is 10.0. The van der Waals surface area contributed by atoms with Gasteiger partial charge in [-0.05, 0) is 48.9 Å². The second-order valence-electron chi connectivity index (χ2n) is 6.94. The summed E-state index contributed by atoms with van der Waals surface area (Å²) >= 11 is 0. The smallest absolute Gasteiger partial charge is 0.550 e. The van der Waals surface area contributed by atoms with E-state index in [-0.39, 0.29) is 99.0 Å². The number of hydrogen-bond acceptors (Lipinski definition) is 8. The van der Waals surface area contributed by atoms with Crippen molar-refractivity contribution in [3.63, 3.8) is 0 Å². The first-order valence-electron chi connectivity index (χ1n) is 9.41. The molecule has 0 fully saturated rings. The van der Waals surface area contributed by atoms with Gasteiger partial charge in [0.25, 0.3) is 11.5 Å². The number of nitrogens with one attached hydrogen (secondary N) is 3. The maximum Gasteiger partial charge on any atom is 1.00 e. The van der Waals surface area contributed by atoms with Gasteiger partial charge in [-0.2, -0.15) is 4.98 Å². The molecule has 0 unspecified atom stereocenters. The predicted octanol–water partition coefficient (Wildman–Crippen LogP) is -10.5. The normalized spacial score (nSPS) is 10.2. The zero-order valence-corrected chi connectivity index (χ0v) is 23.8. The third-order valence-corrected chi connectivity index (χ3v) is 4.77. The van der Waals surface area contributed by atoms with Crippen molar-refractivity contribution < 1.29 is 100 Å². The molecule has 3 aromatic rings. The average Bonchev–Trinajstić information content (AvgIpc) is 3.12. The van der Waals surface area contributed by atoms with Crippen molar-refractivity contribution >= 4 is 34.8 Å². The quantitative estimate of drug-likeness (QED) is 0.194. The molecule has 1 aromatic carbocycles. The SMILES string of the molecule is Nc1nc2[nH]cc(CCc3ccc(C(=O)N[C@@H](CCC(=O)[O-])C(=O)[O-])cc3)c2c(=O)[nH]1.O.O.O.[Na+].[Na+]. The molecule has 0 aliphatic rings. The van der Waals surface area contributed by atoms with Crippen LogP contribution in [-0.4, -0.2) is 55.3 Å². The fourth-order valence-electron chi connectivity index (χ4n) is 3.17. The largest absolute Gasteiger partial charge is 1.00 e. The fourth-order valence-corrected chi connectivity index (χ4v) is 3.17. The monoisotopic (exact) mass is 525 g/mol. The summed E-state index contributed by atoms with van der Waals surface area (Å²) < 4.78 is 0. The van der Waals surface area contributed by atoms with Gasteiger partial charge in [-0.15, -0.1) is 0 Å². The minimum atomic E-state index is -1.57. The number of aryl methyl sites for hydroxylation is 2. The van der Waals surface area contributed by atoms with Gasteiger partial charge in [-0.25, -0.2) is 0 Å². The van der Waals surface area contributed by atoms with Gasteiger partial charge in [0, 0.05) is 17.7 Å². The van der Waals surface area contributed by atoms with E-state index in [1.807, 2.05) is 0 Å². The van der Waals surface area contributed by atoms with Gasteiger partial charge in [0.05, 0.1) is 17.4 Å². The van der Waals surface area contributed by atoms with Gasteiger partial charge in [0.2, 0.25) is 5.95 Å². The van der Waals surface area contributed by atoms with Gasteiger partial charge >= 0.3 is 59.1 Å². The number of amides is 1. The minimum absolute atomic E-state index is 0. The Kier molecular flexibility index (Phi) is 18.3. The van der Waals surface area contributed by atoms with Crippen LogP contribution in [0.2, 0.25) is 0 Å². The Balaban J connectivity index is -0.00000218. The van der Waals surface area contributed by atoms with Crippen LogP contribution >= 0.6 is 0 Å². The number of aliphatic carboxylic acids is 2. The molecule has 0 spiro atoms. The van der Waals surface area contributed by atoms with Crippen LogP contribution in [0.5, 0.6) is 0 Å². The van der Waals surface area contributed by atoms with E-state index < -0.39 is 30.3 Å². The van der Waals surface area contributed by atoms with Crippen LogP contribution in [0.1, 0.15) is 34.3 Å². The van der Waals surface area contributed by atoms with E-state index in [1.165, 1.54) is 12.1 Å². The number of aromatic amines is 2. The molecule has 36 heavy (non-hydrogen) atoms. The molecule has 2 heterocycles. The van der Waals surface area contributed by atoms with Gasteiger partial charge in [0.15, 0.2) is 0 Å². The molecule has 14 nitrogen and oxygen atoms in total. The summed E-state index contributed by atoms with van der Waals surface area (Å²) in [7, 11) is 0. The summed E-state index contributed by atoms with van der Waals surface area (Å²) in [5.74, 6) is -3.62. The van der Waals surface area contributed by atoms with Crippen molar-refractivity contribution in [1.29, 1.82) is 0 Å². The number of nitrogens with zero attached hydrogens (tertiary/aromatic N) is 1. The number of anilines is 1. The molecule has 3 rings (SSSR count). The number of carbonyl (C=O) groups is 3. The van der Waals surface area contributed by atoms with Crippen LogP contribution in [-0.2, 0) is 22.4 Å². The van der Waals surface area contributed by atoms with Crippen molar-refractivity contribution in [2.24, 2.45) is 0 Å². The average molecular weight is 525 g/mol. The fraction of sp³-hybridized carbons (Fsp3) is 0.250. The third-order valence-electron chi connectivity index (χ3n) is 4.77. The molecule has 0 aliphatic carbocycles. The molecule has 0 radical (unpaired) electrons. The molecule has 1 atom stereocenters. The van der Waals surface area contributed by atoms with E-state index >= 15 is 0 Å². The van der Waals surface area contributed by atoms with Crippen LogP contribution < -0.4 is 85.9 Å². The zero-order valence-electron chi connectivity index (χ0n) is 19.8. The Morgan fingerprint density at radius 1 is 1.03 bits per heavy atom. The van der Waals surface area contributed by atoms with Crippen LogP contribution in [0.3, 0.4) is 0 Å². The van der Waals surface area contributed by atoms with Crippen LogP contribution in [0.25, 0.3) is 11.0 Å². The van der Waals surface area contributed by atoms with E-state index in [2.05, 4.69) is 20.3 Å². The summed E-state index contributed by atoms with van der Waals surface area (Å²) in [6, 6.07) is 5.03. The van der Waals surface area contributed by atoms with Crippen molar-refractivity contribution in [3.05, 3.63) is 57.5 Å². The Morgan fingerprint density at radius 3 is 2.19 bits per heavy atom. The van der Waals surface area contributed by atoms with Crippen molar-refractivity contribution in [1.82, 2.24) is 20.3 Å². The molecule has 0 saturated carbocycles. The summed E-state index contributed by atoms with van der Waals surface area (Å²) in [5, 5.41) is 24.3. The summed E-state index contributed by atoms with van der Waals surface area (Å²) in [6.07, 6.45) is 1.96. The number of fused-ring (bicyclic) bond motifs is 1. The van der Waals surface area contributed by atoms with Gasteiger partial charge in [-0.1, -0.05) is 12.1 Å². The summed E-state index contributed by atoms with van der Waals surface area (Å²) in [5.41, 5.74) is 7.49. The van der Waals surface area contributed by atoms with Gasteiger partial charge in [-0.3, -0.25) is 14.6 Å². The number of rotatable bonds is 9. The number of nitrogens with two attached hydrogens (primary N) is 1. The van der Waals surface area contributed by atoms with Crippen molar-refractivity contribution in [3.8, 4) is 0 Å². The van der Waals surface area contributed by atoms with Crippen molar-refractivity contribution in [2.45, 2.75) is 31.7 Å². The maximum atomic E-state index is 12.2. The number of H-pyrrole nitrogens is 2. The molecule has 0 saturated heterocycles. The number of carboxylic acid groups (broad SMARTS) is 2. The predicted molar refractivity (Wildman–Crippen MR) is 116 cm³/mol. The molecule has 11 N–H and O–H groups in total. The topological polar surface area (TPSA) is 291 Å². The number of nitrogen functional groups attached to an aromatic ring is 1. The molecule has 0 bridgehead atoms. The maximum absolute atomic E-state index is 12.2. The summed E-state index contributed by atoms with van der Waals surface area (Å²) in [4.78, 5) is 55.4. The Morgan fingerprint density at radius 2 is 1.64 bits per heavy atom. The standard InChI is InChI=1S/C20H21N5O6.2Na.3H2O/c21-20-24-16-15(18(29)25-20)12(9-22-16)6-3-10-1-4-11(5-2-10)17(28)23-13(19(30)31)7-8-14(26)27;;;;;/h1-2,4-5,9,13H,3,6-8H2,(H,23,28)(H,26,27)(H,30,31)(H4,21,22,24,25,29);;;3*1H2/q;2*+1;;;/p-2/t13-;;;;;/m0...../s1. The second kappa shape index (κ2) is 17.2. The first kappa shape index (κ1) is 38.3. The van der Waals surface area contributed by atoms with E-state index in [0.717, 1.165) is 11.1 Å². The number of carboxylic acids is 2. The molecule has 0 aliphatic heterocycles. The van der Waals surface area contributed by atoms with Gasteiger partial charge < -0.3 is 52.3 Å². The number of benzene rings is 1. The molecule has 1 amide bonds. The molecular formula is C20H25N5Na2O9. The van der Waals surface area contributed by atoms with Crippen LogP contribution in [0.4, 0.5) is 5.95 Å². The molecule has 16 heteroatoms. The minimum Gasteiger partial charge on any atom is -0.550 e.